The van der Waals surface area contributed by atoms with Gasteiger partial charge in [0, 0.05) is 36.7 Å². The van der Waals surface area contributed by atoms with Gasteiger partial charge in [0.2, 0.25) is 0 Å². The van der Waals surface area contributed by atoms with Crippen molar-refractivity contribution in [2.75, 3.05) is 20.1 Å². The molecule has 0 unspecified atom stereocenters. The van der Waals surface area contributed by atoms with Gasteiger partial charge in [-0.2, -0.15) is 13.2 Å². The molecule has 6 nitrogen and oxygen atoms in total. The van der Waals surface area contributed by atoms with Crippen LogP contribution in [0, 0.1) is 11.8 Å². The van der Waals surface area contributed by atoms with Crippen molar-refractivity contribution >= 4 is 5.91 Å². The van der Waals surface area contributed by atoms with Crippen molar-refractivity contribution < 1.29 is 32.9 Å². The van der Waals surface area contributed by atoms with E-state index in [4.69, 9.17) is 4.74 Å². The standard InChI is InChI=1S/C30H29F3N2O4/c1-3-15-35-16-14-28-25-19-7-10-22(36)26(25)39-27(28)21(12-13-29(28,38)23(35)17-19)34(2)24(37)11-6-18-4-8-20(9-5-18)30(31,32)33/h3-5,7-10,21,23,27,36,38H,1,12-17H2,2H3/t21-,23-,27+,28+,29-/m1/s1. The lowest BCUT2D eigenvalue weighted by Gasteiger charge is -2.64. The van der Waals surface area contributed by atoms with Gasteiger partial charge in [-0.15, -0.1) is 6.58 Å². The van der Waals surface area contributed by atoms with E-state index in [2.05, 4.69) is 23.3 Å². The van der Waals surface area contributed by atoms with E-state index in [0.29, 0.717) is 50.1 Å². The van der Waals surface area contributed by atoms with Gasteiger partial charge in [0.05, 0.1) is 22.6 Å². The van der Waals surface area contributed by atoms with Gasteiger partial charge in [0.1, 0.15) is 6.10 Å². The minimum Gasteiger partial charge on any atom is -0.504 e. The topological polar surface area (TPSA) is 73.2 Å². The number of piperidine rings is 1. The lowest BCUT2D eigenvalue weighted by Crippen LogP contribution is -2.78. The number of amides is 1. The van der Waals surface area contributed by atoms with E-state index in [1.165, 1.54) is 17.0 Å². The maximum absolute atomic E-state index is 13.2. The van der Waals surface area contributed by atoms with Crippen molar-refractivity contribution in [1.29, 1.82) is 0 Å². The van der Waals surface area contributed by atoms with Crippen molar-refractivity contribution in [3.63, 3.8) is 0 Å². The number of alkyl halides is 3. The van der Waals surface area contributed by atoms with E-state index in [1.807, 2.05) is 12.1 Å². The summed E-state index contributed by atoms with van der Waals surface area (Å²) in [6.45, 7) is 5.25. The predicted octanol–water partition coefficient (Wildman–Crippen LogP) is 3.63. The molecule has 2 aromatic carbocycles. The van der Waals surface area contributed by atoms with Crippen molar-refractivity contribution in [2.24, 2.45) is 0 Å². The molecule has 2 aliphatic heterocycles. The van der Waals surface area contributed by atoms with Crippen molar-refractivity contribution in [1.82, 2.24) is 9.80 Å². The minimum atomic E-state index is -4.45. The Balaban J connectivity index is 1.33. The lowest BCUT2D eigenvalue weighted by atomic mass is 9.48. The van der Waals surface area contributed by atoms with Gasteiger partial charge in [-0.3, -0.25) is 9.69 Å². The number of phenols is 1. The zero-order valence-electron chi connectivity index (χ0n) is 21.5. The van der Waals surface area contributed by atoms with Crippen LogP contribution in [-0.4, -0.2) is 69.8 Å². The molecule has 1 saturated heterocycles. The van der Waals surface area contributed by atoms with Gasteiger partial charge in [-0.25, -0.2) is 0 Å². The molecule has 0 radical (unpaired) electrons. The average Bonchev–Trinajstić information content (AvgIpc) is 3.25. The molecule has 2 heterocycles. The fourth-order valence-electron chi connectivity index (χ4n) is 7.49. The van der Waals surface area contributed by atoms with Crippen LogP contribution in [0.2, 0.25) is 0 Å². The summed E-state index contributed by atoms with van der Waals surface area (Å²) in [5, 5.41) is 23.2. The highest BCUT2D eigenvalue weighted by atomic mass is 19.4. The molecule has 2 fully saturated rings. The molecule has 5 atom stereocenters. The van der Waals surface area contributed by atoms with Gasteiger partial charge in [0.15, 0.2) is 11.5 Å². The summed E-state index contributed by atoms with van der Waals surface area (Å²) < 4.78 is 45.0. The van der Waals surface area contributed by atoms with Crippen LogP contribution in [-0.2, 0) is 22.8 Å². The third kappa shape index (κ3) is 3.61. The number of likely N-dealkylation sites (tertiary alicyclic amines) is 1. The number of hydrogen-bond donors (Lipinski definition) is 2. The van der Waals surface area contributed by atoms with Crippen LogP contribution in [0.25, 0.3) is 0 Å². The Labute approximate surface area is 224 Å². The summed E-state index contributed by atoms with van der Waals surface area (Å²) in [4.78, 5) is 17.0. The zero-order valence-corrected chi connectivity index (χ0v) is 21.5. The van der Waals surface area contributed by atoms with Crippen LogP contribution >= 0.6 is 0 Å². The fourth-order valence-corrected chi connectivity index (χ4v) is 7.49. The van der Waals surface area contributed by atoms with Crippen molar-refractivity contribution in [3.05, 3.63) is 71.3 Å². The summed E-state index contributed by atoms with van der Waals surface area (Å²) in [5.41, 5.74) is -0.510. The number of nitrogens with zero attached hydrogens (tertiary/aromatic N) is 2. The second-order valence-corrected chi connectivity index (χ2v) is 11.0. The Hall–Kier alpha value is -3.48. The molecule has 39 heavy (non-hydrogen) atoms. The van der Waals surface area contributed by atoms with Gasteiger partial charge in [-0.05, 0) is 68.1 Å². The summed E-state index contributed by atoms with van der Waals surface area (Å²) in [6.07, 6.45) is -1.06. The van der Waals surface area contributed by atoms with Crippen molar-refractivity contribution in [3.8, 4) is 23.3 Å². The molecule has 1 spiro atoms. The lowest BCUT2D eigenvalue weighted by molar-refractivity contribution is -0.197. The first-order valence-corrected chi connectivity index (χ1v) is 13.1. The number of phenolic OH excluding ortho intramolecular Hbond substituents is 1. The van der Waals surface area contributed by atoms with Crippen LogP contribution < -0.4 is 4.74 Å². The SMILES string of the molecule is C=CCN1CC[C@]23c4c5ccc(O)c4O[C@H]2[C@H](N(C)C(=O)C#Cc2ccc(C(F)(F)F)cc2)CC[C@@]3(O)[C@H]1C5. The van der Waals surface area contributed by atoms with Gasteiger partial charge >= 0.3 is 6.18 Å². The number of hydrogen-bond acceptors (Lipinski definition) is 5. The number of ether oxygens (including phenoxy) is 1. The molecule has 2 aliphatic carbocycles. The highest BCUT2D eigenvalue weighted by Gasteiger charge is 2.73. The van der Waals surface area contributed by atoms with E-state index >= 15 is 0 Å². The molecule has 2 N–H and O–H groups in total. The Morgan fingerprint density at radius 1 is 1.26 bits per heavy atom. The fraction of sp³-hybridized carbons (Fsp3) is 0.433. The first-order chi connectivity index (χ1) is 18.5. The van der Waals surface area contributed by atoms with E-state index in [0.717, 1.165) is 23.3 Å². The van der Waals surface area contributed by atoms with Gasteiger partial charge in [-0.1, -0.05) is 18.1 Å². The first kappa shape index (κ1) is 25.8. The third-order valence-corrected chi connectivity index (χ3v) is 9.25. The van der Waals surface area contributed by atoms with E-state index < -0.39 is 40.8 Å². The first-order valence-electron chi connectivity index (χ1n) is 13.1. The van der Waals surface area contributed by atoms with Crippen LogP contribution in [0.15, 0.2) is 49.1 Å². The van der Waals surface area contributed by atoms with Gasteiger partial charge < -0.3 is 19.8 Å². The van der Waals surface area contributed by atoms with Gasteiger partial charge in [0.25, 0.3) is 5.91 Å². The average molecular weight is 539 g/mol. The molecule has 2 bridgehead atoms. The van der Waals surface area contributed by atoms with E-state index in [1.54, 1.807) is 13.1 Å². The second-order valence-electron chi connectivity index (χ2n) is 11.0. The monoisotopic (exact) mass is 538 g/mol. The summed E-state index contributed by atoms with van der Waals surface area (Å²) in [6, 6.07) is 7.30. The van der Waals surface area contributed by atoms with Crippen LogP contribution in [0.5, 0.6) is 11.5 Å². The largest absolute Gasteiger partial charge is 0.504 e. The Bertz CT molecular complexity index is 1410. The molecule has 4 aliphatic rings. The number of aromatic hydroxyl groups is 1. The maximum atomic E-state index is 13.2. The number of aliphatic hydroxyl groups is 1. The number of likely N-dealkylation sites (N-methyl/N-ethyl adjacent to an activating group) is 1. The zero-order chi connectivity index (χ0) is 27.7. The Morgan fingerprint density at radius 2 is 2.00 bits per heavy atom. The number of carbonyl (C=O) groups excluding carboxylic acids is 1. The third-order valence-electron chi connectivity index (χ3n) is 9.25. The summed E-state index contributed by atoms with van der Waals surface area (Å²) >= 11 is 0. The molecule has 1 saturated carbocycles. The molecule has 6 rings (SSSR count). The Kier molecular flexibility index (Phi) is 5.79. The van der Waals surface area contributed by atoms with Crippen molar-refractivity contribution in [2.45, 2.75) is 61.1 Å². The van der Waals surface area contributed by atoms with Crippen LogP contribution in [0.4, 0.5) is 13.2 Å². The molecular formula is C30H29F3N2O4. The minimum absolute atomic E-state index is 0.0154. The highest BCUT2D eigenvalue weighted by molar-refractivity contribution is 5.94. The molecule has 9 heteroatoms. The molecule has 1 amide bonds. The predicted molar refractivity (Wildman–Crippen MR) is 137 cm³/mol. The normalized spacial score (nSPS) is 30.4. The quantitative estimate of drug-likeness (QED) is 0.462. The summed E-state index contributed by atoms with van der Waals surface area (Å²) in [7, 11) is 1.63. The van der Waals surface area contributed by atoms with E-state index in [-0.39, 0.29) is 11.8 Å². The highest BCUT2D eigenvalue weighted by Crippen LogP contribution is 2.65. The van der Waals surface area contributed by atoms with Crippen LogP contribution in [0.1, 0.15) is 41.5 Å². The number of rotatable bonds is 3. The summed E-state index contributed by atoms with van der Waals surface area (Å²) in [5.74, 6) is 5.13. The Morgan fingerprint density at radius 3 is 2.69 bits per heavy atom. The maximum Gasteiger partial charge on any atom is 0.416 e. The number of halogens is 3. The molecule has 2 aromatic rings. The van der Waals surface area contributed by atoms with Crippen LogP contribution in [0.3, 0.4) is 0 Å². The van der Waals surface area contributed by atoms with E-state index in [9.17, 15) is 28.2 Å². The number of benzene rings is 2. The molecule has 204 valence electrons. The second kappa shape index (κ2) is 8.77. The smallest absolute Gasteiger partial charge is 0.416 e. The molecular weight excluding hydrogens is 509 g/mol. The molecule has 0 aromatic heterocycles. The number of carbonyl (C=O) groups is 1.